The Hall–Kier alpha value is -2.21. The van der Waals surface area contributed by atoms with Crippen molar-refractivity contribution in [2.24, 2.45) is 0 Å². The predicted octanol–water partition coefficient (Wildman–Crippen LogP) is 1.36. The third-order valence-corrected chi connectivity index (χ3v) is 4.21. The van der Waals surface area contributed by atoms with Crippen LogP contribution in [0.3, 0.4) is 0 Å². The van der Waals surface area contributed by atoms with Gasteiger partial charge >= 0.3 is 0 Å². The first-order chi connectivity index (χ1) is 11.2. The maximum Gasteiger partial charge on any atom is 0.261 e. The van der Waals surface area contributed by atoms with Gasteiger partial charge in [-0.15, -0.1) is 0 Å². The predicted molar refractivity (Wildman–Crippen MR) is 83.0 cm³/mol. The van der Waals surface area contributed by atoms with Crippen LogP contribution in [0.4, 0.5) is 0 Å². The average Bonchev–Trinajstić information content (AvgIpc) is 3.18. The fourth-order valence-electron chi connectivity index (χ4n) is 2.95. The number of amides is 3. The van der Waals surface area contributed by atoms with E-state index in [0.29, 0.717) is 43.7 Å². The molecule has 0 spiro atoms. The molecule has 3 rings (SSSR count). The monoisotopic (exact) mass is 316 g/mol. The molecule has 2 aliphatic heterocycles. The molecule has 0 bridgehead atoms. The summed E-state index contributed by atoms with van der Waals surface area (Å²) in [5.41, 5.74) is 0.952. The average molecular weight is 316 g/mol. The van der Waals surface area contributed by atoms with Crippen LogP contribution in [-0.4, -0.2) is 48.4 Å². The Morgan fingerprint density at radius 1 is 1.17 bits per heavy atom. The quantitative estimate of drug-likeness (QED) is 0.635. The van der Waals surface area contributed by atoms with Crippen LogP contribution in [0, 0.1) is 0 Å². The van der Waals surface area contributed by atoms with Crippen LogP contribution in [0.25, 0.3) is 0 Å². The zero-order valence-electron chi connectivity index (χ0n) is 12.9. The van der Waals surface area contributed by atoms with Gasteiger partial charge in [-0.05, 0) is 37.8 Å². The number of fused-ring (bicyclic) bond motifs is 1. The van der Waals surface area contributed by atoms with Crippen LogP contribution in [0.5, 0.6) is 0 Å². The van der Waals surface area contributed by atoms with Crippen LogP contribution in [0.2, 0.25) is 0 Å². The number of carbonyl (C=O) groups is 3. The highest BCUT2D eigenvalue weighted by atomic mass is 16.5. The lowest BCUT2D eigenvalue weighted by Crippen LogP contribution is -2.35. The summed E-state index contributed by atoms with van der Waals surface area (Å²) in [6, 6.07) is 6.87. The maximum atomic E-state index is 12.2. The Bertz CT molecular complexity index is 588. The van der Waals surface area contributed by atoms with E-state index in [1.807, 2.05) is 0 Å². The van der Waals surface area contributed by atoms with E-state index in [2.05, 4.69) is 5.32 Å². The summed E-state index contributed by atoms with van der Waals surface area (Å²) in [5, 5.41) is 2.84. The lowest BCUT2D eigenvalue weighted by atomic mass is 10.1. The number of hydrogen-bond donors (Lipinski definition) is 1. The SMILES string of the molecule is O=C(NCCCCN1C(=O)c2ccccc2C1=O)C1CCCO1. The molecule has 0 aromatic heterocycles. The van der Waals surface area contributed by atoms with E-state index in [9.17, 15) is 14.4 Å². The Morgan fingerprint density at radius 3 is 2.48 bits per heavy atom. The summed E-state index contributed by atoms with van der Waals surface area (Å²) >= 11 is 0. The van der Waals surface area contributed by atoms with Gasteiger partial charge in [0.2, 0.25) is 5.91 Å². The van der Waals surface area contributed by atoms with Gasteiger partial charge in [0.25, 0.3) is 11.8 Å². The van der Waals surface area contributed by atoms with Crippen molar-refractivity contribution in [3.63, 3.8) is 0 Å². The topological polar surface area (TPSA) is 75.7 Å². The molecule has 1 aromatic rings. The fraction of sp³-hybridized carbons (Fsp3) is 0.471. The zero-order valence-corrected chi connectivity index (χ0v) is 12.9. The molecule has 1 unspecified atom stereocenters. The Labute approximate surface area is 134 Å². The van der Waals surface area contributed by atoms with Gasteiger partial charge in [-0.3, -0.25) is 19.3 Å². The van der Waals surface area contributed by atoms with Gasteiger partial charge in [-0.2, -0.15) is 0 Å². The third-order valence-electron chi connectivity index (χ3n) is 4.21. The molecule has 0 aliphatic carbocycles. The summed E-state index contributed by atoms with van der Waals surface area (Å²) in [6.45, 7) is 1.56. The number of hydrogen-bond acceptors (Lipinski definition) is 4. The molecule has 1 aromatic carbocycles. The van der Waals surface area contributed by atoms with Gasteiger partial charge in [-0.1, -0.05) is 12.1 Å². The second-order valence-electron chi connectivity index (χ2n) is 5.81. The number of carbonyl (C=O) groups excluding carboxylic acids is 3. The molecule has 1 saturated heterocycles. The molecule has 2 aliphatic rings. The van der Waals surface area contributed by atoms with Crippen LogP contribution in [-0.2, 0) is 9.53 Å². The summed E-state index contributed by atoms with van der Waals surface area (Å²) in [6.07, 6.45) is 2.77. The number of nitrogens with one attached hydrogen (secondary N) is 1. The molecule has 1 atom stereocenters. The molecule has 6 nitrogen and oxygen atoms in total. The van der Waals surface area contributed by atoms with Crippen molar-refractivity contribution in [1.82, 2.24) is 10.2 Å². The van der Waals surface area contributed by atoms with Crippen LogP contribution >= 0.6 is 0 Å². The minimum Gasteiger partial charge on any atom is -0.368 e. The molecule has 1 fully saturated rings. The van der Waals surface area contributed by atoms with E-state index in [1.54, 1.807) is 24.3 Å². The van der Waals surface area contributed by atoms with Crippen molar-refractivity contribution in [2.75, 3.05) is 19.7 Å². The molecular weight excluding hydrogens is 296 g/mol. The number of ether oxygens (including phenoxy) is 1. The lowest BCUT2D eigenvalue weighted by molar-refractivity contribution is -0.130. The van der Waals surface area contributed by atoms with Crippen LogP contribution in [0.1, 0.15) is 46.4 Å². The largest absolute Gasteiger partial charge is 0.368 e. The zero-order chi connectivity index (χ0) is 16.2. The number of rotatable bonds is 6. The third kappa shape index (κ3) is 3.27. The fourth-order valence-corrected chi connectivity index (χ4v) is 2.95. The Balaban J connectivity index is 1.41. The van der Waals surface area contributed by atoms with Crippen molar-refractivity contribution < 1.29 is 19.1 Å². The number of imide groups is 1. The standard InChI is InChI=1S/C17H20N2O4/c20-15(14-8-5-11-23-14)18-9-3-4-10-19-16(21)12-6-1-2-7-13(12)17(19)22/h1-2,6-7,14H,3-5,8-11H2,(H,18,20). The normalized spacial score (nSPS) is 20.0. The highest BCUT2D eigenvalue weighted by Gasteiger charge is 2.34. The molecule has 122 valence electrons. The summed E-state index contributed by atoms with van der Waals surface area (Å²) in [4.78, 5) is 37.4. The molecule has 3 amide bonds. The second kappa shape index (κ2) is 6.91. The second-order valence-corrected chi connectivity index (χ2v) is 5.81. The molecular formula is C17H20N2O4. The number of unbranched alkanes of at least 4 members (excludes halogenated alkanes) is 1. The molecule has 6 heteroatoms. The van der Waals surface area contributed by atoms with Crippen molar-refractivity contribution in [3.8, 4) is 0 Å². The van der Waals surface area contributed by atoms with Crippen molar-refractivity contribution in [3.05, 3.63) is 35.4 Å². The van der Waals surface area contributed by atoms with Gasteiger partial charge in [0.15, 0.2) is 0 Å². The van der Waals surface area contributed by atoms with E-state index in [0.717, 1.165) is 12.8 Å². The van der Waals surface area contributed by atoms with Gasteiger partial charge in [0.1, 0.15) is 6.10 Å². The van der Waals surface area contributed by atoms with Crippen molar-refractivity contribution >= 4 is 17.7 Å². The summed E-state index contributed by atoms with van der Waals surface area (Å²) in [7, 11) is 0. The van der Waals surface area contributed by atoms with Gasteiger partial charge in [0, 0.05) is 19.7 Å². The Morgan fingerprint density at radius 2 is 1.87 bits per heavy atom. The highest BCUT2D eigenvalue weighted by Crippen LogP contribution is 2.22. The molecule has 0 saturated carbocycles. The first-order valence-corrected chi connectivity index (χ1v) is 8.03. The van der Waals surface area contributed by atoms with Crippen molar-refractivity contribution in [2.45, 2.75) is 31.8 Å². The first-order valence-electron chi connectivity index (χ1n) is 8.03. The smallest absolute Gasteiger partial charge is 0.261 e. The van der Waals surface area contributed by atoms with E-state index in [1.165, 1.54) is 4.90 Å². The number of benzene rings is 1. The minimum atomic E-state index is -0.314. The van der Waals surface area contributed by atoms with Gasteiger partial charge < -0.3 is 10.1 Å². The van der Waals surface area contributed by atoms with E-state index in [4.69, 9.17) is 4.74 Å². The first kappa shape index (κ1) is 15.7. The molecule has 2 heterocycles. The van der Waals surface area contributed by atoms with E-state index < -0.39 is 0 Å². The maximum absolute atomic E-state index is 12.2. The van der Waals surface area contributed by atoms with E-state index in [-0.39, 0.29) is 23.8 Å². The minimum absolute atomic E-state index is 0.0665. The van der Waals surface area contributed by atoms with Crippen LogP contribution < -0.4 is 5.32 Å². The van der Waals surface area contributed by atoms with Gasteiger partial charge in [-0.25, -0.2) is 0 Å². The van der Waals surface area contributed by atoms with Gasteiger partial charge in [0.05, 0.1) is 11.1 Å². The lowest BCUT2D eigenvalue weighted by Gasteiger charge is -2.14. The summed E-state index contributed by atoms with van der Waals surface area (Å²) < 4.78 is 5.31. The van der Waals surface area contributed by atoms with Crippen molar-refractivity contribution in [1.29, 1.82) is 0 Å². The molecule has 23 heavy (non-hydrogen) atoms. The van der Waals surface area contributed by atoms with Crippen LogP contribution in [0.15, 0.2) is 24.3 Å². The molecule has 0 radical (unpaired) electrons. The number of nitrogens with zero attached hydrogens (tertiary/aromatic N) is 1. The summed E-state index contributed by atoms with van der Waals surface area (Å²) in [5.74, 6) is -0.522. The van der Waals surface area contributed by atoms with E-state index >= 15 is 0 Å². The highest BCUT2D eigenvalue weighted by molar-refractivity contribution is 6.21. The Kier molecular flexibility index (Phi) is 4.71. The molecule has 1 N–H and O–H groups in total.